The summed E-state index contributed by atoms with van der Waals surface area (Å²) in [5.74, 6) is -0.634. The van der Waals surface area contributed by atoms with E-state index in [1.54, 1.807) is 24.3 Å². The van der Waals surface area contributed by atoms with E-state index in [4.69, 9.17) is 14.2 Å². The highest BCUT2D eigenvalue weighted by Gasteiger charge is 2.50. The van der Waals surface area contributed by atoms with Gasteiger partial charge in [0.1, 0.15) is 59.2 Å². The number of ether oxygens (including phenoxy) is 3. The molecule has 0 unspecified atom stereocenters. The summed E-state index contributed by atoms with van der Waals surface area (Å²) in [5, 5.41) is 77.3. The van der Waals surface area contributed by atoms with Crippen LogP contribution in [0.5, 0.6) is 0 Å². The smallest absolute Gasteiger partial charge is 0.295 e. The quantitative estimate of drug-likeness (QED) is 0.0799. The topological polar surface area (TPSA) is 265 Å². The molecule has 44 heavy (non-hydrogen) atoms. The number of fused-ring (bicyclic) bond motifs is 1. The number of nitrogens with one attached hydrogen (secondary N) is 2. The maximum Gasteiger partial charge on any atom is 0.295 e. The summed E-state index contributed by atoms with van der Waals surface area (Å²) < 4.78 is 49.3. The Labute approximate surface area is 256 Å². The second kappa shape index (κ2) is 14.9. The van der Waals surface area contributed by atoms with Gasteiger partial charge in [-0.05, 0) is 12.1 Å². The maximum absolute atomic E-state index is 12.4. The van der Waals surface area contributed by atoms with Crippen LogP contribution in [0.4, 0.5) is 5.69 Å². The number of carbonyl (C=O) groups excluding carboxylic acids is 1. The molecule has 2 aromatic carbocycles. The highest BCUT2D eigenvalue weighted by molar-refractivity contribution is 8.00. The van der Waals surface area contributed by atoms with Crippen LogP contribution in [-0.2, 0) is 29.1 Å². The van der Waals surface area contributed by atoms with Crippen LogP contribution in [0.2, 0.25) is 0 Å². The molecule has 1 amide bonds. The molecule has 2 heterocycles. The third kappa shape index (κ3) is 7.79. The van der Waals surface area contributed by atoms with Crippen molar-refractivity contribution < 1.29 is 67.7 Å². The Morgan fingerprint density at radius 1 is 0.841 bits per heavy atom. The standard InChI is InChI=1S/C26H36N2O14S2/c29-9-15-19(32)20(33)22(35)25(40-15)42-24-16(10-30)41-26(23(36)21(24)34)43-11-18(31)28-8-7-27-14-5-1-4-13-12(14)3-2-6-17(13)44(37,38)39/h1-6,15-16,19-27,29-30,32-36H,7-11H2,(H,28,31)(H,37,38,39)/t15-,16-,19-,20+,21-,22-,23-,24-,25+,26+/m1/s1. The molecule has 18 heteroatoms. The first-order valence-corrected chi connectivity index (χ1v) is 16.1. The van der Waals surface area contributed by atoms with E-state index in [1.807, 2.05) is 0 Å². The van der Waals surface area contributed by atoms with Crippen molar-refractivity contribution in [2.24, 2.45) is 0 Å². The van der Waals surface area contributed by atoms with Gasteiger partial charge >= 0.3 is 0 Å². The lowest BCUT2D eigenvalue weighted by molar-refractivity contribution is -0.338. The zero-order chi connectivity index (χ0) is 32.2. The monoisotopic (exact) mass is 664 g/mol. The second-order valence-corrected chi connectivity index (χ2v) is 12.7. The Morgan fingerprint density at radius 2 is 1.52 bits per heavy atom. The van der Waals surface area contributed by atoms with Gasteiger partial charge in [-0.3, -0.25) is 9.35 Å². The van der Waals surface area contributed by atoms with E-state index in [9.17, 15) is 53.5 Å². The van der Waals surface area contributed by atoms with Gasteiger partial charge in [0.2, 0.25) is 5.91 Å². The first kappa shape index (κ1) is 34.7. The van der Waals surface area contributed by atoms with Crippen molar-refractivity contribution >= 4 is 44.2 Å². The number of amides is 1. The molecule has 0 bridgehead atoms. The van der Waals surface area contributed by atoms with Crippen molar-refractivity contribution in [2.75, 3.05) is 37.4 Å². The molecule has 246 valence electrons. The van der Waals surface area contributed by atoms with Gasteiger partial charge < -0.3 is 60.6 Å². The number of carbonyl (C=O) groups is 1. The van der Waals surface area contributed by atoms with Gasteiger partial charge in [-0.15, -0.1) is 11.8 Å². The predicted molar refractivity (Wildman–Crippen MR) is 154 cm³/mol. The number of rotatable bonds is 12. The molecule has 2 fully saturated rings. The van der Waals surface area contributed by atoms with E-state index in [0.717, 1.165) is 11.8 Å². The van der Waals surface area contributed by atoms with E-state index in [-0.39, 0.29) is 23.7 Å². The Balaban J connectivity index is 1.27. The fraction of sp³-hybridized carbons (Fsp3) is 0.577. The van der Waals surface area contributed by atoms with Crippen LogP contribution in [0, 0.1) is 0 Å². The Bertz CT molecular complexity index is 1380. The minimum Gasteiger partial charge on any atom is -0.394 e. The van der Waals surface area contributed by atoms with Gasteiger partial charge in [0, 0.05) is 29.5 Å². The van der Waals surface area contributed by atoms with Crippen molar-refractivity contribution in [3.63, 3.8) is 0 Å². The molecule has 0 spiro atoms. The number of aliphatic hydroxyl groups is 7. The summed E-state index contributed by atoms with van der Waals surface area (Å²) >= 11 is 0.851. The predicted octanol–water partition coefficient (Wildman–Crippen LogP) is -3.03. The highest BCUT2D eigenvalue weighted by atomic mass is 32.2. The summed E-state index contributed by atoms with van der Waals surface area (Å²) in [6.45, 7) is -0.978. The van der Waals surface area contributed by atoms with Crippen molar-refractivity contribution in [3.8, 4) is 0 Å². The molecule has 0 aliphatic carbocycles. The number of benzene rings is 2. The molecular weight excluding hydrogens is 628 g/mol. The number of hydrogen-bond donors (Lipinski definition) is 10. The Kier molecular flexibility index (Phi) is 11.8. The van der Waals surface area contributed by atoms with Crippen LogP contribution in [-0.4, -0.2) is 147 Å². The van der Waals surface area contributed by atoms with Crippen LogP contribution in [0.25, 0.3) is 10.8 Å². The number of hydrogen-bond acceptors (Lipinski definition) is 15. The molecule has 4 rings (SSSR count). The average Bonchev–Trinajstić information content (AvgIpc) is 3.00. The third-order valence-electron chi connectivity index (χ3n) is 7.26. The first-order chi connectivity index (χ1) is 20.9. The van der Waals surface area contributed by atoms with Gasteiger partial charge in [0.15, 0.2) is 6.29 Å². The zero-order valence-electron chi connectivity index (χ0n) is 23.1. The number of thioether (sulfide) groups is 1. The van der Waals surface area contributed by atoms with E-state index in [1.165, 1.54) is 12.1 Å². The molecule has 10 atom stereocenters. The first-order valence-electron chi connectivity index (χ1n) is 13.6. The summed E-state index contributed by atoms with van der Waals surface area (Å²) in [6, 6.07) is 9.38. The van der Waals surface area contributed by atoms with Gasteiger partial charge in [0.05, 0.1) is 19.0 Å². The summed E-state index contributed by atoms with van der Waals surface area (Å²) in [5.41, 5.74) is -0.576. The van der Waals surface area contributed by atoms with Crippen LogP contribution < -0.4 is 10.6 Å². The largest absolute Gasteiger partial charge is 0.394 e. The molecule has 2 aliphatic heterocycles. The van der Waals surface area contributed by atoms with Crippen LogP contribution in [0.1, 0.15) is 0 Å². The summed E-state index contributed by atoms with van der Waals surface area (Å²) in [7, 11) is -4.42. The SMILES string of the molecule is O=C(CS[C@@H]1O[C@H](CO)[C@@H](O[C@@H]2O[C@H](CO)[C@@H](O)[C@H](O)[C@H]2O)[C@H](O)[C@H]1O)NCCNc1cccc2c(S(=O)(=O)O)cccc12. The fourth-order valence-corrected chi connectivity index (χ4v) is 6.66. The highest BCUT2D eigenvalue weighted by Crippen LogP contribution is 2.33. The van der Waals surface area contributed by atoms with Gasteiger partial charge in [0.25, 0.3) is 10.1 Å². The molecule has 0 saturated carbocycles. The minimum atomic E-state index is -4.42. The van der Waals surface area contributed by atoms with Gasteiger partial charge in [-0.2, -0.15) is 8.42 Å². The van der Waals surface area contributed by atoms with E-state index in [0.29, 0.717) is 16.5 Å². The minimum absolute atomic E-state index is 0.165. The molecule has 16 nitrogen and oxygen atoms in total. The molecular formula is C26H36N2O14S2. The molecule has 0 aromatic heterocycles. The molecule has 2 saturated heterocycles. The number of aliphatic hydroxyl groups excluding tert-OH is 7. The maximum atomic E-state index is 12.4. The van der Waals surface area contributed by atoms with Gasteiger partial charge in [-0.25, -0.2) is 0 Å². The second-order valence-electron chi connectivity index (χ2n) is 10.2. The lowest BCUT2D eigenvalue weighted by Gasteiger charge is -2.46. The van der Waals surface area contributed by atoms with Crippen LogP contribution in [0.15, 0.2) is 41.3 Å². The Morgan fingerprint density at radius 3 is 2.20 bits per heavy atom. The normalized spacial score (nSPS) is 32.8. The van der Waals surface area contributed by atoms with Crippen molar-refractivity contribution in [2.45, 2.75) is 65.5 Å². The Hall–Kier alpha value is -2.17. The molecule has 2 aromatic rings. The zero-order valence-corrected chi connectivity index (χ0v) is 24.7. The lowest BCUT2D eigenvalue weighted by Crippen LogP contribution is -2.64. The lowest BCUT2D eigenvalue weighted by atomic mass is 9.97. The van der Waals surface area contributed by atoms with Crippen LogP contribution in [0.3, 0.4) is 0 Å². The van der Waals surface area contributed by atoms with Crippen molar-refractivity contribution in [1.82, 2.24) is 5.32 Å². The van der Waals surface area contributed by atoms with Crippen molar-refractivity contribution in [3.05, 3.63) is 36.4 Å². The number of anilines is 1. The molecule has 2 aliphatic rings. The van der Waals surface area contributed by atoms with Gasteiger partial charge in [-0.1, -0.05) is 24.3 Å². The molecule has 10 N–H and O–H groups in total. The average molecular weight is 665 g/mol. The van der Waals surface area contributed by atoms with E-state index >= 15 is 0 Å². The summed E-state index contributed by atoms with van der Waals surface area (Å²) in [6.07, 6.45) is -14.1. The van der Waals surface area contributed by atoms with Crippen molar-refractivity contribution in [1.29, 1.82) is 0 Å². The molecule has 0 radical (unpaired) electrons. The van der Waals surface area contributed by atoms with Crippen LogP contribution >= 0.6 is 11.8 Å². The summed E-state index contributed by atoms with van der Waals surface area (Å²) in [4.78, 5) is 12.2. The van der Waals surface area contributed by atoms with E-state index in [2.05, 4.69) is 10.6 Å². The third-order valence-corrected chi connectivity index (χ3v) is 9.32. The fourth-order valence-electron chi connectivity index (χ4n) is 4.96. The van der Waals surface area contributed by atoms with E-state index < -0.39 is 89.8 Å².